The highest BCUT2D eigenvalue weighted by atomic mass is 19.4. The Morgan fingerprint density at radius 3 is 2.39 bits per heavy atom. The maximum Gasteiger partial charge on any atom is 0.419 e. The number of Topliss-reactive ketones (excluding diaryl/α,β-unsaturated/α-hetero) is 1. The highest BCUT2D eigenvalue weighted by molar-refractivity contribution is 5.96. The van der Waals surface area contributed by atoms with Crippen molar-refractivity contribution in [2.45, 2.75) is 13.1 Å². The number of benzene rings is 1. The van der Waals surface area contributed by atoms with Crippen LogP contribution in [0.25, 0.3) is 0 Å². The van der Waals surface area contributed by atoms with Gasteiger partial charge in [0.05, 0.1) is 17.7 Å². The average molecular weight is 263 g/mol. The van der Waals surface area contributed by atoms with Crippen LogP contribution in [-0.4, -0.2) is 18.2 Å². The molecule has 7 heteroatoms. The third kappa shape index (κ3) is 3.28. The lowest BCUT2D eigenvalue weighted by molar-refractivity contribution is -0.140. The first-order chi connectivity index (χ1) is 8.23. The van der Waals surface area contributed by atoms with Crippen molar-refractivity contribution in [3.8, 4) is 0 Å². The fraction of sp³-hybridized carbons (Fsp3) is 0.273. The van der Waals surface area contributed by atoms with Crippen molar-refractivity contribution in [2.24, 2.45) is 0 Å². The largest absolute Gasteiger partial charge is 0.419 e. The van der Waals surface area contributed by atoms with Gasteiger partial charge in [0.25, 0.3) is 5.91 Å². The van der Waals surface area contributed by atoms with Gasteiger partial charge in [-0.3, -0.25) is 9.59 Å². The minimum Gasteiger partial charge on any atom is -0.345 e. The van der Waals surface area contributed by atoms with Gasteiger partial charge in [0, 0.05) is 0 Å². The first kappa shape index (κ1) is 14.1. The van der Waals surface area contributed by atoms with Crippen LogP contribution in [0.1, 0.15) is 22.8 Å². The number of ketones is 1. The zero-order valence-electron chi connectivity index (χ0n) is 9.27. The Balaban J connectivity index is 3.04. The van der Waals surface area contributed by atoms with Crippen LogP contribution in [0.3, 0.4) is 0 Å². The molecule has 0 aliphatic rings. The van der Waals surface area contributed by atoms with Crippen LogP contribution >= 0.6 is 0 Å². The number of hydrogen-bond donors (Lipinski definition) is 1. The molecule has 0 fully saturated rings. The van der Waals surface area contributed by atoms with Gasteiger partial charge in [0.1, 0.15) is 11.6 Å². The minimum atomic E-state index is -4.87. The zero-order valence-corrected chi connectivity index (χ0v) is 9.27. The number of nitrogens with one attached hydrogen (secondary N) is 1. The number of alkyl halides is 3. The van der Waals surface area contributed by atoms with Crippen molar-refractivity contribution in [3.63, 3.8) is 0 Å². The first-order valence-corrected chi connectivity index (χ1v) is 4.87. The Kier molecular flexibility index (Phi) is 4.05. The summed E-state index contributed by atoms with van der Waals surface area (Å²) in [5.41, 5.74) is -2.26. The van der Waals surface area contributed by atoms with Gasteiger partial charge in [-0.05, 0) is 19.1 Å². The Labute approximate surface area is 99.8 Å². The molecule has 0 saturated heterocycles. The van der Waals surface area contributed by atoms with Crippen LogP contribution in [0.5, 0.6) is 0 Å². The molecule has 1 N–H and O–H groups in total. The molecule has 98 valence electrons. The molecule has 1 amide bonds. The fourth-order valence-corrected chi connectivity index (χ4v) is 1.23. The summed E-state index contributed by atoms with van der Waals surface area (Å²) in [4.78, 5) is 22.0. The first-order valence-electron chi connectivity index (χ1n) is 4.87. The van der Waals surface area contributed by atoms with Gasteiger partial charge >= 0.3 is 6.18 Å². The molecule has 0 saturated carbocycles. The standard InChI is InChI=1S/C11H9F4NO2/c1-6(17)5-16-10(18)7-3-2-4-8(9(7)12)11(13,14)15/h2-4H,5H2,1H3,(H,16,18). The lowest BCUT2D eigenvalue weighted by Crippen LogP contribution is -2.29. The maximum atomic E-state index is 13.5. The fourth-order valence-electron chi connectivity index (χ4n) is 1.23. The summed E-state index contributed by atoms with van der Waals surface area (Å²) in [7, 11) is 0. The summed E-state index contributed by atoms with van der Waals surface area (Å²) >= 11 is 0. The van der Waals surface area contributed by atoms with Crippen LogP contribution in [-0.2, 0) is 11.0 Å². The van der Waals surface area contributed by atoms with Crippen LogP contribution in [0.4, 0.5) is 17.6 Å². The molecule has 0 aromatic heterocycles. The second-order valence-electron chi connectivity index (χ2n) is 3.55. The minimum absolute atomic E-state index is 0.367. The number of carbonyl (C=O) groups is 2. The Morgan fingerprint density at radius 1 is 1.28 bits per heavy atom. The normalized spacial score (nSPS) is 11.2. The third-order valence-electron chi connectivity index (χ3n) is 2.05. The van der Waals surface area contributed by atoms with Gasteiger partial charge in [0.15, 0.2) is 0 Å². The Morgan fingerprint density at radius 2 is 1.89 bits per heavy atom. The highest BCUT2D eigenvalue weighted by Crippen LogP contribution is 2.32. The Hall–Kier alpha value is -1.92. The van der Waals surface area contributed by atoms with Crippen molar-refractivity contribution in [1.29, 1.82) is 0 Å². The van der Waals surface area contributed by atoms with Gasteiger partial charge in [-0.1, -0.05) is 6.07 Å². The average Bonchev–Trinajstić information content (AvgIpc) is 2.24. The molecular weight excluding hydrogens is 254 g/mol. The van der Waals surface area contributed by atoms with E-state index in [1.165, 1.54) is 6.92 Å². The molecular formula is C11H9F4NO2. The quantitative estimate of drug-likeness (QED) is 0.849. The van der Waals surface area contributed by atoms with E-state index in [2.05, 4.69) is 0 Å². The summed E-state index contributed by atoms with van der Waals surface area (Å²) in [6.07, 6.45) is -4.87. The van der Waals surface area contributed by atoms with Crippen molar-refractivity contribution in [3.05, 3.63) is 35.1 Å². The van der Waals surface area contributed by atoms with E-state index in [9.17, 15) is 27.2 Å². The smallest absolute Gasteiger partial charge is 0.345 e. The van der Waals surface area contributed by atoms with E-state index in [0.29, 0.717) is 6.07 Å². The molecule has 18 heavy (non-hydrogen) atoms. The number of carbonyl (C=O) groups excluding carboxylic acids is 2. The van der Waals surface area contributed by atoms with E-state index < -0.39 is 34.8 Å². The van der Waals surface area contributed by atoms with E-state index in [4.69, 9.17) is 0 Å². The summed E-state index contributed by atoms with van der Waals surface area (Å²) in [6.45, 7) is 0.817. The molecule has 0 unspecified atom stereocenters. The summed E-state index contributed by atoms with van der Waals surface area (Å²) < 4.78 is 50.6. The van der Waals surface area contributed by atoms with E-state index in [-0.39, 0.29) is 6.54 Å². The monoisotopic (exact) mass is 263 g/mol. The predicted molar refractivity (Wildman–Crippen MR) is 54.4 cm³/mol. The lowest BCUT2D eigenvalue weighted by atomic mass is 10.1. The second kappa shape index (κ2) is 5.16. The SMILES string of the molecule is CC(=O)CNC(=O)c1cccc(C(F)(F)F)c1F. The van der Waals surface area contributed by atoms with Crippen LogP contribution in [0, 0.1) is 5.82 Å². The third-order valence-corrected chi connectivity index (χ3v) is 2.05. The molecule has 3 nitrogen and oxygen atoms in total. The molecule has 1 aromatic carbocycles. The molecule has 0 heterocycles. The van der Waals surface area contributed by atoms with Crippen molar-refractivity contribution in [2.75, 3.05) is 6.54 Å². The molecule has 1 rings (SSSR count). The molecule has 0 aliphatic carbocycles. The number of hydrogen-bond acceptors (Lipinski definition) is 2. The molecule has 0 atom stereocenters. The lowest BCUT2D eigenvalue weighted by Gasteiger charge is -2.10. The Bertz CT molecular complexity index is 482. The van der Waals surface area contributed by atoms with Gasteiger partial charge in [-0.2, -0.15) is 13.2 Å². The van der Waals surface area contributed by atoms with Crippen LogP contribution in [0.2, 0.25) is 0 Å². The summed E-state index contributed by atoms with van der Waals surface area (Å²) in [6, 6.07) is 2.38. The predicted octanol–water partition coefficient (Wildman–Crippen LogP) is 2.16. The van der Waals surface area contributed by atoms with Gasteiger partial charge < -0.3 is 5.32 Å². The van der Waals surface area contributed by atoms with E-state index in [1.807, 2.05) is 5.32 Å². The number of halogens is 4. The van der Waals surface area contributed by atoms with Gasteiger partial charge in [-0.15, -0.1) is 0 Å². The number of amides is 1. The molecule has 0 aliphatic heterocycles. The molecule has 0 spiro atoms. The summed E-state index contributed by atoms with van der Waals surface area (Å²) in [5, 5.41) is 2.02. The van der Waals surface area contributed by atoms with Crippen molar-refractivity contribution >= 4 is 11.7 Å². The molecule has 0 radical (unpaired) electrons. The van der Waals surface area contributed by atoms with Crippen molar-refractivity contribution < 1.29 is 27.2 Å². The highest BCUT2D eigenvalue weighted by Gasteiger charge is 2.35. The van der Waals surface area contributed by atoms with Crippen LogP contribution < -0.4 is 5.32 Å². The topological polar surface area (TPSA) is 46.2 Å². The van der Waals surface area contributed by atoms with Gasteiger partial charge in [0.2, 0.25) is 0 Å². The van der Waals surface area contributed by atoms with Crippen LogP contribution in [0.15, 0.2) is 18.2 Å². The second-order valence-corrected chi connectivity index (χ2v) is 3.55. The van der Waals surface area contributed by atoms with E-state index in [1.54, 1.807) is 0 Å². The maximum absolute atomic E-state index is 13.5. The zero-order chi connectivity index (χ0) is 13.9. The van der Waals surface area contributed by atoms with Crippen molar-refractivity contribution in [1.82, 2.24) is 5.32 Å². The van der Waals surface area contributed by atoms with E-state index >= 15 is 0 Å². The van der Waals surface area contributed by atoms with Gasteiger partial charge in [-0.25, -0.2) is 4.39 Å². The van der Waals surface area contributed by atoms with E-state index in [0.717, 1.165) is 12.1 Å². The summed E-state index contributed by atoms with van der Waals surface area (Å²) in [5.74, 6) is -3.10. The molecule has 0 bridgehead atoms. The number of rotatable bonds is 3. The molecule has 1 aromatic rings.